The fraction of sp³-hybridized carbons (Fsp3) is 0.526. The maximum Gasteiger partial charge on any atom is 0.0703 e. The van der Waals surface area contributed by atoms with E-state index in [-0.39, 0.29) is 0 Å². The summed E-state index contributed by atoms with van der Waals surface area (Å²) in [5, 5.41) is 4.58. The van der Waals surface area contributed by atoms with Gasteiger partial charge in [-0.1, -0.05) is 30.3 Å². The van der Waals surface area contributed by atoms with Crippen molar-refractivity contribution >= 4 is 0 Å². The van der Waals surface area contributed by atoms with E-state index < -0.39 is 0 Å². The van der Waals surface area contributed by atoms with Crippen LogP contribution in [0.5, 0.6) is 0 Å². The molecule has 4 heteroatoms. The van der Waals surface area contributed by atoms with Gasteiger partial charge in [0, 0.05) is 44.5 Å². The van der Waals surface area contributed by atoms with Crippen molar-refractivity contribution in [2.24, 2.45) is 0 Å². The molecule has 23 heavy (non-hydrogen) atoms. The number of nitrogens with zero attached hydrogens (tertiary/aromatic N) is 3. The average molecular weight is 313 g/mol. The molecular formula is C19H27N3O. The highest BCUT2D eigenvalue weighted by Gasteiger charge is 2.20. The minimum absolute atomic E-state index is 0.375. The van der Waals surface area contributed by atoms with E-state index in [1.54, 1.807) is 0 Å². The van der Waals surface area contributed by atoms with Gasteiger partial charge in [-0.2, -0.15) is 5.10 Å². The first kappa shape index (κ1) is 16.2. The number of aryl methyl sites for hydroxylation is 2. The number of benzene rings is 1. The molecular weight excluding hydrogens is 286 g/mol. The summed E-state index contributed by atoms with van der Waals surface area (Å²) < 4.78 is 7.88. The van der Waals surface area contributed by atoms with E-state index in [4.69, 9.17) is 4.74 Å². The van der Waals surface area contributed by atoms with E-state index in [0.717, 1.165) is 38.5 Å². The molecule has 0 radical (unpaired) electrons. The molecule has 2 aromatic rings. The van der Waals surface area contributed by atoms with Crippen LogP contribution in [0, 0.1) is 6.92 Å². The van der Waals surface area contributed by atoms with E-state index in [2.05, 4.69) is 60.4 Å². The van der Waals surface area contributed by atoms with Gasteiger partial charge in [-0.15, -0.1) is 0 Å². The summed E-state index contributed by atoms with van der Waals surface area (Å²) in [5.41, 5.74) is 3.81. The van der Waals surface area contributed by atoms with Gasteiger partial charge in [0.05, 0.1) is 11.8 Å². The molecule has 4 nitrogen and oxygen atoms in total. The van der Waals surface area contributed by atoms with Crippen LogP contribution in [0.4, 0.5) is 0 Å². The molecule has 0 aliphatic carbocycles. The SMILES string of the molecule is CCn1cc(CN(Cc2ccccc2)C[C@@H]2CCCO2)c(C)n1. The van der Waals surface area contributed by atoms with E-state index >= 15 is 0 Å². The molecule has 124 valence electrons. The van der Waals surface area contributed by atoms with E-state index in [1.165, 1.54) is 24.0 Å². The topological polar surface area (TPSA) is 30.3 Å². The van der Waals surface area contributed by atoms with Crippen molar-refractivity contribution in [3.63, 3.8) is 0 Å². The quantitative estimate of drug-likeness (QED) is 0.785. The van der Waals surface area contributed by atoms with Crippen LogP contribution in [0.15, 0.2) is 36.5 Å². The van der Waals surface area contributed by atoms with Crippen molar-refractivity contribution in [1.82, 2.24) is 14.7 Å². The lowest BCUT2D eigenvalue weighted by atomic mass is 10.1. The molecule has 0 spiro atoms. The monoisotopic (exact) mass is 313 g/mol. The molecule has 0 N–H and O–H groups in total. The second-order valence-electron chi connectivity index (χ2n) is 6.39. The Labute approximate surface area is 139 Å². The minimum Gasteiger partial charge on any atom is -0.377 e. The average Bonchev–Trinajstić information content (AvgIpc) is 3.18. The number of ether oxygens (including phenoxy) is 1. The summed E-state index contributed by atoms with van der Waals surface area (Å²) >= 11 is 0. The lowest BCUT2D eigenvalue weighted by molar-refractivity contribution is 0.0678. The zero-order chi connectivity index (χ0) is 16.1. The molecule has 2 heterocycles. The Balaban J connectivity index is 1.71. The molecule has 0 saturated carbocycles. The van der Waals surface area contributed by atoms with Crippen molar-refractivity contribution in [2.45, 2.75) is 52.4 Å². The molecule has 3 rings (SSSR count). The third-order valence-corrected chi connectivity index (χ3v) is 4.50. The Morgan fingerprint density at radius 1 is 1.26 bits per heavy atom. The highest BCUT2D eigenvalue weighted by atomic mass is 16.5. The summed E-state index contributed by atoms with van der Waals surface area (Å²) in [6, 6.07) is 10.7. The standard InChI is InChI=1S/C19H27N3O/c1-3-22-14-18(16(2)20-22)13-21(15-19-10-7-11-23-19)12-17-8-5-4-6-9-17/h4-6,8-9,14,19H,3,7,10-13,15H2,1-2H3/t19-/m0/s1. The van der Waals surface area contributed by atoms with Crippen LogP contribution in [-0.2, 0) is 24.4 Å². The predicted molar refractivity (Wildman–Crippen MR) is 92.2 cm³/mol. The summed E-state index contributed by atoms with van der Waals surface area (Å²) in [6.45, 7) is 8.95. The molecule has 1 atom stereocenters. The number of hydrogen-bond donors (Lipinski definition) is 0. The van der Waals surface area contributed by atoms with Crippen molar-refractivity contribution < 1.29 is 4.74 Å². The lowest BCUT2D eigenvalue weighted by Gasteiger charge is -2.25. The Hall–Kier alpha value is -1.65. The highest BCUT2D eigenvalue weighted by molar-refractivity contribution is 5.17. The molecule has 1 aromatic carbocycles. The van der Waals surface area contributed by atoms with Crippen LogP contribution >= 0.6 is 0 Å². The Bertz CT molecular complexity index is 602. The smallest absolute Gasteiger partial charge is 0.0703 e. The van der Waals surface area contributed by atoms with Crippen molar-refractivity contribution in [3.8, 4) is 0 Å². The van der Waals surface area contributed by atoms with Crippen LogP contribution in [0.25, 0.3) is 0 Å². The van der Waals surface area contributed by atoms with Gasteiger partial charge in [-0.25, -0.2) is 0 Å². The van der Waals surface area contributed by atoms with E-state index in [0.29, 0.717) is 6.10 Å². The Kier molecular flexibility index (Phi) is 5.47. The third-order valence-electron chi connectivity index (χ3n) is 4.50. The van der Waals surface area contributed by atoms with Crippen molar-refractivity contribution in [2.75, 3.05) is 13.2 Å². The maximum absolute atomic E-state index is 5.85. The fourth-order valence-corrected chi connectivity index (χ4v) is 3.22. The first-order valence-corrected chi connectivity index (χ1v) is 8.65. The second kappa shape index (κ2) is 7.75. The lowest BCUT2D eigenvalue weighted by Crippen LogP contribution is -2.31. The van der Waals surface area contributed by atoms with Crippen LogP contribution in [0.3, 0.4) is 0 Å². The predicted octanol–water partition coefficient (Wildman–Crippen LogP) is 3.39. The van der Waals surface area contributed by atoms with Gasteiger partial charge in [-0.05, 0) is 32.3 Å². The number of aromatic nitrogens is 2. The fourth-order valence-electron chi connectivity index (χ4n) is 3.22. The number of hydrogen-bond acceptors (Lipinski definition) is 3. The molecule has 1 fully saturated rings. The minimum atomic E-state index is 0.375. The maximum atomic E-state index is 5.85. The normalized spacial score (nSPS) is 18.0. The van der Waals surface area contributed by atoms with Crippen LogP contribution < -0.4 is 0 Å². The van der Waals surface area contributed by atoms with Gasteiger partial charge in [0.1, 0.15) is 0 Å². The number of rotatable bonds is 7. The zero-order valence-corrected chi connectivity index (χ0v) is 14.2. The van der Waals surface area contributed by atoms with Crippen LogP contribution in [0.2, 0.25) is 0 Å². The summed E-state index contributed by atoms with van der Waals surface area (Å²) in [5.74, 6) is 0. The first-order chi connectivity index (χ1) is 11.2. The largest absolute Gasteiger partial charge is 0.377 e. The molecule has 0 unspecified atom stereocenters. The van der Waals surface area contributed by atoms with Gasteiger partial charge in [0.2, 0.25) is 0 Å². The Morgan fingerprint density at radius 2 is 2.09 bits per heavy atom. The summed E-state index contributed by atoms with van der Waals surface area (Å²) in [7, 11) is 0. The van der Waals surface area contributed by atoms with Gasteiger partial charge in [0.25, 0.3) is 0 Å². The highest BCUT2D eigenvalue weighted by Crippen LogP contribution is 2.18. The molecule has 0 amide bonds. The second-order valence-corrected chi connectivity index (χ2v) is 6.39. The van der Waals surface area contributed by atoms with Gasteiger partial charge < -0.3 is 4.74 Å². The molecule has 1 aliphatic rings. The molecule has 1 saturated heterocycles. The molecule has 0 bridgehead atoms. The van der Waals surface area contributed by atoms with Crippen LogP contribution in [0.1, 0.15) is 36.6 Å². The van der Waals surface area contributed by atoms with Crippen LogP contribution in [-0.4, -0.2) is 33.9 Å². The summed E-state index contributed by atoms with van der Waals surface area (Å²) in [6.07, 6.45) is 4.93. The Morgan fingerprint density at radius 3 is 2.74 bits per heavy atom. The zero-order valence-electron chi connectivity index (χ0n) is 14.2. The van der Waals surface area contributed by atoms with Gasteiger partial charge in [0.15, 0.2) is 0 Å². The van der Waals surface area contributed by atoms with E-state index in [1.807, 2.05) is 4.68 Å². The van der Waals surface area contributed by atoms with Crippen molar-refractivity contribution in [1.29, 1.82) is 0 Å². The molecule has 1 aromatic heterocycles. The first-order valence-electron chi connectivity index (χ1n) is 8.65. The van der Waals surface area contributed by atoms with Crippen molar-refractivity contribution in [3.05, 3.63) is 53.3 Å². The molecule has 1 aliphatic heterocycles. The third kappa shape index (κ3) is 4.43. The van der Waals surface area contributed by atoms with E-state index in [9.17, 15) is 0 Å². The van der Waals surface area contributed by atoms with Gasteiger partial charge in [-0.3, -0.25) is 9.58 Å². The summed E-state index contributed by atoms with van der Waals surface area (Å²) in [4.78, 5) is 2.50. The van der Waals surface area contributed by atoms with Gasteiger partial charge >= 0.3 is 0 Å².